The van der Waals surface area contributed by atoms with Gasteiger partial charge in [0.25, 0.3) is 0 Å². The van der Waals surface area contributed by atoms with Gasteiger partial charge in [-0.15, -0.1) is 0 Å². The molecule has 7 heteroatoms. The van der Waals surface area contributed by atoms with E-state index in [2.05, 4.69) is 15.9 Å². The van der Waals surface area contributed by atoms with Crippen LogP contribution in [-0.2, 0) is 14.8 Å². The van der Waals surface area contributed by atoms with Crippen molar-refractivity contribution in [3.05, 3.63) is 22.2 Å². The van der Waals surface area contributed by atoms with Crippen LogP contribution < -0.4 is 5.73 Å². The minimum Gasteiger partial charge on any atom is -0.398 e. The monoisotopic (exact) mass is 348 g/mol. The Morgan fingerprint density at radius 2 is 2.05 bits per heavy atom. The molecule has 1 fully saturated rings. The number of sulfonamides is 1. The molecule has 5 nitrogen and oxygen atoms in total. The molecule has 0 amide bonds. The van der Waals surface area contributed by atoms with Gasteiger partial charge >= 0.3 is 0 Å². The number of nitrogens with zero attached hydrogens (tertiary/aromatic N) is 1. The second kappa shape index (κ2) is 5.78. The predicted molar refractivity (Wildman–Crippen MR) is 77.5 cm³/mol. The number of rotatable bonds is 2. The van der Waals surface area contributed by atoms with E-state index in [-0.39, 0.29) is 4.90 Å². The molecule has 106 valence electrons. The standard InChI is InChI=1S/C12H17BrN2O3S/c1-9-11(14)7-10(13)8-12(9)19(16,17)15-3-2-5-18-6-4-15/h7-8H,2-6,14H2,1H3. The maximum atomic E-state index is 12.7. The molecule has 19 heavy (non-hydrogen) atoms. The topological polar surface area (TPSA) is 72.6 Å². The quantitative estimate of drug-likeness (QED) is 0.826. The van der Waals surface area contributed by atoms with Crippen LogP contribution in [0.5, 0.6) is 0 Å². The Kier molecular flexibility index (Phi) is 4.50. The zero-order valence-electron chi connectivity index (χ0n) is 10.7. The summed E-state index contributed by atoms with van der Waals surface area (Å²) in [7, 11) is -3.52. The van der Waals surface area contributed by atoms with Crippen molar-refractivity contribution in [2.45, 2.75) is 18.2 Å². The van der Waals surface area contributed by atoms with Crippen molar-refractivity contribution in [3.63, 3.8) is 0 Å². The summed E-state index contributed by atoms with van der Waals surface area (Å²) < 4.78 is 32.7. The first-order valence-corrected chi connectivity index (χ1v) is 8.30. The number of ether oxygens (including phenoxy) is 1. The van der Waals surface area contributed by atoms with Crippen LogP contribution in [0.15, 0.2) is 21.5 Å². The molecule has 0 atom stereocenters. The van der Waals surface area contributed by atoms with E-state index in [1.165, 1.54) is 4.31 Å². The largest absolute Gasteiger partial charge is 0.398 e. The van der Waals surface area contributed by atoms with Crippen molar-refractivity contribution in [2.24, 2.45) is 0 Å². The molecule has 1 aliphatic heterocycles. The summed E-state index contributed by atoms with van der Waals surface area (Å²) in [5.74, 6) is 0. The Labute approximate surface area is 121 Å². The van der Waals surface area contributed by atoms with Crippen molar-refractivity contribution < 1.29 is 13.2 Å². The number of hydrogen-bond donors (Lipinski definition) is 1. The van der Waals surface area contributed by atoms with E-state index in [9.17, 15) is 8.42 Å². The lowest BCUT2D eigenvalue weighted by Crippen LogP contribution is -2.33. The molecule has 0 aliphatic carbocycles. The van der Waals surface area contributed by atoms with Gasteiger partial charge in [0.05, 0.1) is 11.5 Å². The van der Waals surface area contributed by atoms with Crippen molar-refractivity contribution in [2.75, 3.05) is 32.0 Å². The number of benzene rings is 1. The van der Waals surface area contributed by atoms with Crippen molar-refractivity contribution in [3.8, 4) is 0 Å². The second-order valence-corrected chi connectivity index (χ2v) is 7.31. The van der Waals surface area contributed by atoms with Crippen LogP contribution in [0.4, 0.5) is 5.69 Å². The van der Waals surface area contributed by atoms with Gasteiger partial charge in [0.2, 0.25) is 10.0 Å². The highest BCUT2D eigenvalue weighted by Gasteiger charge is 2.27. The lowest BCUT2D eigenvalue weighted by molar-refractivity contribution is 0.148. The summed E-state index contributed by atoms with van der Waals surface area (Å²) in [5, 5.41) is 0. The summed E-state index contributed by atoms with van der Waals surface area (Å²) in [6.07, 6.45) is 0.710. The Bertz CT molecular complexity index is 567. The van der Waals surface area contributed by atoms with E-state index < -0.39 is 10.0 Å². The zero-order valence-corrected chi connectivity index (χ0v) is 13.1. The minimum absolute atomic E-state index is 0.265. The summed E-state index contributed by atoms with van der Waals surface area (Å²) >= 11 is 3.29. The van der Waals surface area contributed by atoms with Gasteiger partial charge in [-0.3, -0.25) is 0 Å². The second-order valence-electron chi connectivity index (χ2n) is 4.49. The lowest BCUT2D eigenvalue weighted by atomic mass is 10.2. The Hall–Kier alpha value is -0.630. The SMILES string of the molecule is Cc1c(N)cc(Br)cc1S(=O)(=O)N1CCCOCC1. The van der Waals surface area contributed by atoms with Gasteiger partial charge < -0.3 is 10.5 Å². The van der Waals surface area contributed by atoms with Gasteiger partial charge in [0.1, 0.15) is 0 Å². The Balaban J connectivity index is 2.44. The number of halogens is 1. The first kappa shape index (κ1) is 14.8. The van der Waals surface area contributed by atoms with Gasteiger partial charge in [-0.25, -0.2) is 8.42 Å². The molecular weight excluding hydrogens is 332 g/mol. The third kappa shape index (κ3) is 3.10. The summed E-state index contributed by atoms with van der Waals surface area (Å²) in [4.78, 5) is 0.265. The van der Waals surface area contributed by atoms with Crippen LogP contribution >= 0.6 is 15.9 Å². The minimum atomic E-state index is -3.52. The lowest BCUT2D eigenvalue weighted by Gasteiger charge is -2.21. The normalized spacial score (nSPS) is 18.2. The third-order valence-electron chi connectivity index (χ3n) is 3.16. The molecule has 1 heterocycles. The average Bonchev–Trinajstić information content (AvgIpc) is 2.62. The maximum Gasteiger partial charge on any atom is 0.243 e. The Morgan fingerprint density at radius 3 is 2.79 bits per heavy atom. The molecule has 1 saturated heterocycles. The molecule has 0 aromatic heterocycles. The molecule has 2 N–H and O–H groups in total. The first-order valence-electron chi connectivity index (χ1n) is 6.06. The van der Waals surface area contributed by atoms with E-state index in [0.717, 1.165) is 0 Å². The highest BCUT2D eigenvalue weighted by atomic mass is 79.9. The predicted octanol–water partition coefficient (Wildman–Crippen LogP) is 1.75. The molecule has 0 bridgehead atoms. The third-order valence-corrected chi connectivity index (χ3v) is 5.65. The van der Waals surface area contributed by atoms with Crippen LogP contribution in [-0.4, -0.2) is 39.0 Å². The average molecular weight is 349 g/mol. The van der Waals surface area contributed by atoms with E-state index in [4.69, 9.17) is 10.5 Å². The van der Waals surface area contributed by atoms with Crippen LogP contribution in [0.1, 0.15) is 12.0 Å². The first-order chi connectivity index (χ1) is 8.93. The molecule has 0 radical (unpaired) electrons. The van der Waals surface area contributed by atoms with Gasteiger partial charge in [0, 0.05) is 29.9 Å². The number of nitrogens with two attached hydrogens (primary N) is 1. The summed E-state index contributed by atoms with van der Waals surface area (Å²) in [5.41, 5.74) is 6.90. The van der Waals surface area contributed by atoms with Gasteiger partial charge in [-0.2, -0.15) is 4.31 Å². The fraction of sp³-hybridized carbons (Fsp3) is 0.500. The summed E-state index contributed by atoms with van der Waals surface area (Å²) in [6.45, 7) is 3.62. The number of anilines is 1. The van der Waals surface area contributed by atoms with E-state index in [1.807, 2.05) is 0 Å². The fourth-order valence-corrected chi connectivity index (χ4v) is 4.42. The molecule has 1 aromatic carbocycles. The molecule has 0 unspecified atom stereocenters. The van der Waals surface area contributed by atoms with Crippen molar-refractivity contribution in [1.82, 2.24) is 4.31 Å². The van der Waals surface area contributed by atoms with E-state index in [1.54, 1.807) is 19.1 Å². The van der Waals surface area contributed by atoms with Crippen LogP contribution in [0.2, 0.25) is 0 Å². The van der Waals surface area contributed by atoms with Crippen molar-refractivity contribution >= 4 is 31.6 Å². The van der Waals surface area contributed by atoms with Crippen molar-refractivity contribution in [1.29, 1.82) is 0 Å². The summed E-state index contributed by atoms with van der Waals surface area (Å²) in [6, 6.07) is 3.31. The molecule has 0 spiro atoms. The van der Waals surface area contributed by atoms with Crippen LogP contribution in [0.3, 0.4) is 0 Å². The fourth-order valence-electron chi connectivity index (χ4n) is 2.04. The highest BCUT2D eigenvalue weighted by Crippen LogP contribution is 2.28. The van der Waals surface area contributed by atoms with E-state index >= 15 is 0 Å². The van der Waals surface area contributed by atoms with Gasteiger partial charge in [-0.1, -0.05) is 15.9 Å². The number of nitrogen functional groups attached to an aromatic ring is 1. The maximum absolute atomic E-state index is 12.7. The molecule has 1 aliphatic rings. The zero-order chi connectivity index (χ0) is 14.0. The smallest absolute Gasteiger partial charge is 0.243 e. The number of hydrogen-bond acceptors (Lipinski definition) is 4. The Morgan fingerprint density at radius 1 is 1.32 bits per heavy atom. The van der Waals surface area contributed by atoms with E-state index in [0.29, 0.717) is 48.4 Å². The molecular formula is C12H17BrN2O3S. The molecule has 0 saturated carbocycles. The molecule has 1 aromatic rings. The molecule has 2 rings (SSSR count). The van der Waals surface area contributed by atoms with Gasteiger partial charge in [0.15, 0.2) is 0 Å². The highest BCUT2D eigenvalue weighted by molar-refractivity contribution is 9.10. The van der Waals surface area contributed by atoms with Gasteiger partial charge in [-0.05, 0) is 31.0 Å². The van der Waals surface area contributed by atoms with Crippen LogP contribution in [0, 0.1) is 6.92 Å². The van der Waals surface area contributed by atoms with Crippen LogP contribution in [0.25, 0.3) is 0 Å².